The Labute approximate surface area is 238 Å². The maximum absolute atomic E-state index is 12.6. The van der Waals surface area contributed by atoms with Crippen molar-refractivity contribution in [1.82, 2.24) is 0 Å². The van der Waals surface area contributed by atoms with Crippen LogP contribution in [-0.4, -0.2) is 74.1 Å². The molecule has 0 spiro atoms. The first-order valence-electron chi connectivity index (χ1n) is 16.0. The minimum atomic E-state index is -4.26. The normalized spacial score (nSPS) is 25.2. The van der Waals surface area contributed by atoms with E-state index in [1.807, 2.05) is 0 Å². The van der Waals surface area contributed by atoms with Crippen molar-refractivity contribution in [3.63, 3.8) is 0 Å². The van der Waals surface area contributed by atoms with E-state index in [4.69, 9.17) is 18.5 Å². The molecule has 0 aromatic carbocycles. The molecule has 2 heterocycles. The Morgan fingerprint density at radius 3 is 2.08 bits per heavy atom. The maximum atomic E-state index is 12.6. The average Bonchev–Trinajstić information content (AvgIpc) is 2.85. The molecule has 0 aliphatic carbocycles. The van der Waals surface area contributed by atoms with Crippen molar-refractivity contribution >= 4 is 13.8 Å². The van der Waals surface area contributed by atoms with Gasteiger partial charge in [0.25, 0.3) is 0 Å². The Morgan fingerprint density at radius 1 is 0.923 bits per heavy atom. The van der Waals surface area contributed by atoms with Crippen LogP contribution in [0.5, 0.6) is 0 Å². The number of phosphoric ester groups is 1. The van der Waals surface area contributed by atoms with Crippen LogP contribution in [0.15, 0.2) is 0 Å². The van der Waals surface area contributed by atoms with Crippen molar-refractivity contribution in [2.24, 2.45) is 5.92 Å². The molecule has 0 radical (unpaired) electrons. The fourth-order valence-corrected chi connectivity index (χ4v) is 7.25. The second kappa shape index (κ2) is 19.6. The molecule has 8 nitrogen and oxygen atoms in total. The van der Waals surface area contributed by atoms with Gasteiger partial charge in [0.05, 0.1) is 33.4 Å². The highest BCUT2D eigenvalue weighted by molar-refractivity contribution is 7.47. The lowest BCUT2D eigenvalue weighted by atomic mass is 9.86. The van der Waals surface area contributed by atoms with Gasteiger partial charge in [0, 0.05) is 19.4 Å². The lowest BCUT2D eigenvalue weighted by Crippen LogP contribution is -2.59. The van der Waals surface area contributed by atoms with Crippen LogP contribution >= 0.6 is 7.82 Å². The number of esters is 1. The summed E-state index contributed by atoms with van der Waals surface area (Å²) in [4.78, 5) is 21.8. The molecule has 1 N–H and O–H groups in total. The molecule has 230 valence electrons. The van der Waals surface area contributed by atoms with Crippen LogP contribution in [0.1, 0.15) is 123 Å². The molecule has 2 bridgehead atoms. The van der Waals surface area contributed by atoms with E-state index in [0.717, 1.165) is 49.8 Å². The van der Waals surface area contributed by atoms with Crippen molar-refractivity contribution in [3.8, 4) is 0 Å². The van der Waals surface area contributed by atoms with Crippen molar-refractivity contribution in [2.45, 2.75) is 135 Å². The fourth-order valence-electron chi connectivity index (χ4n) is 6.30. The lowest BCUT2D eigenvalue weighted by Gasteiger charge is -2.47. The molecule has 39 heavy (non-hydrogen) atoms. The second-order valence-electron chi connectivity index (χ2n) is 12.3. The Balaban J connectivity index is 1.51. The number of ether oxygens (including phenoxy) is 2. The first-order valence-corrected chi connectivity index (χ1v) is 17.4. The van der Waals surface area contributed by atoms with Crippen molar-refractivity contribution in [1.29, 1.82) is 0 Å². The van der Waals surface area contributed by atoms with Crippen LogP contribution in [-0.2, 0) is 27.9 Å². The quantitative estimate of drug-likeness (QED) is 0.0596. The van der Waals surface area contributed by atoms with Gasteiger partial charge in [-0.05, 0) is 25.7 Å². The van der Waals surface area contributed by atoms with Gasteiger partial charge in [-0.3, -0.25) is 13.8 Å². The van der Waals surface area contributed by atoms with Gasteiger partial charge in [-0.25, -0.2) is 4.57 Å². The van der Waals surface area contributed by atoms with Crippen molar-refractivity contribution < 1.29 is 37.3 Å². The average molecular weight is 577 g/mol. The number of hydrogen-bond acceptors (Lipinski definition) is 6. The van der Waals surface area contributed by atoms with E-state index in [2.05, 4.69) is 14.0 Å². The van der Waals surface area contributed by atoms with E-state index in [9.17, 15) is 14.3 Å². The molecule has 2 rings (SSSR count). The molecule has 0 saturated carbocycles. The standard InChI is InChI=1S/C30H58NO7P/c1-4-5-6-7-8-9-10-11-12-13-14-15-16-17-21-35-25-30(37-27(2)32)26-36-39(33,34)38-29-22-28-19-18-20-31(3,23-28)24-29/h28-30H,4-26H2,1-3H3/p+1. The van der Waals surface area contributed by atoms with E-state index in [0.29, 0.717) is 12.5 Å². The number of piperidine rings is 2. The first-order chi connectivity index (χ1) is 18.7. The number of quaternary nitrogens is 1. The molecule has 9 heteroatoms. The molecule has 2 fully saturated rings. The number of rotatable bonds is 23. The van der Waals surface area contributed by atoms with Gasteiger partial charge < -0.3 is 18.9 Å². The Bertz CT molecular complexity index is 709. The van der Waals surface area contributed by atoms with Crippen LogP contribution in [0.4, 0.5) is 0 Å². The van der Waals surface area contributed by atoms with Crippen LogP contribution in [0.3, 0.4) is 0 Å². The van der Waals surface area contributed by atoms with Crippen molar-refractivity contribution in [2.75, 3.05) is 46.5 Å². The Hall–Kier alpha value is -0.500. The number of nitrogens with zero attached hydrogens (tertiary/aromatic N) is 1. The Kier molecular flexibility index (Phi) is 17.4. The highest BCUT2D eigenvalue weighted by atomic mass is 31.2. The van der Waals surface area contributed by atoms with Crippen molar-refractivity contribution in [3.05, 3.63) is 0 Å². The number of carbonyl (C=O) groups excluding carboxylic acids is 1. The highest BCUT2D eigenvalue weighted by Crippen LogP contribution is 2.47. The van der Waals surface area contributed by atoms with Gasteiger partial charge in [0.15, 0.2) is 0 Å². The van der Waals surface area contributed by atoms with Gasteiger partial charge in [0.2, 0.25) is 0 Å². The summed E-state index contributed by atoms with van der Waals surface area (Å²) in [6, 6.07) is 0. The number of likely N-dealkylation sites (N-methyl/N-ethyl adjacent to an activating group) is 1. The minimum absolute atomic E-state index is 0.137. The zero-order chi connectivity index (χ0) is 28.4. The van der Waals surface area contributed by atoms with Crippen LogP contribution in [0, 0.1) is 5.92 Å². The number of unbranched alkanes of at least 4 members (excludes halogenated alkanes) is 13. The number of carbonyl (C=O) groups is 1. The smallest absolute Gasteiger partial charge is 0.458 e. The third-order valence-electron chi connectivity index (χ3n) is 8.23. The SMILES string of the molecule is CCCCCCCCCCCCCCCCOCC(COP(=O)(O)OC1CC2CCC[N+](C)(C2)C1)OC(C)=O. The number of hydrogen-bond donors (Lipinski definition) is 1. The van der Waals surface area contributed by atoms with E-state index < -0.39 is 19.9 Å². The van der Waals surface area contributed by atoms with E-state index in [-0.39, 0.29) is 19.3 Å². The maximum Gasteiger partial charge on any atom is 0.472 e. The van der Waals surface area contributed by atoms with E-state index >= 15 is 0 Å². The first kappa shape index (κ1) is 34.7. The summed E-state index contributed by atoms with van der Waals surface area (Å²) >= 11 is 0. The number of fused-ring (bicyclic) bond motifs is 2. The predicted molar refractivity (Wildman–Crippen MR) is 155 cm³/mol. The molecule has 5 unspecified atom stereocenters. The largest absolute Gasteiger partial charge is 0.472 e. The van der Waals surface area contributed by atoms with E-state index in [1.165, 1.54) is 90.4 Å². The third kappa shape index (κ3) is 16.5. The van der Waals surface area contributed by atoms with Gasteiger partial charge in [-0.1, -0.05) is 90.4 Å². The van der Waals surface area contributed by atoms with Gasteiger partial charge >= 0.3 is 13.8 Å². The summed E-state index contributed by atoms with van der Waals surface area (Å²) < 4.78 is 35.3. The number of phosphoric acid groups is 1. The Morgan fingerprint density at radius 2 is 1.51 bits per heavy atom. The zero-order valence-electron chi connectivity index (χ0n) is 25.3. The molecule has 2 saturated heterocycles. The van der Waals surface area contributed by atoms with Gasteiger partial charge in [-0.15, -0.1) is 0 Å². The zero-order valence-corrected chi connectivity index (χ0v) is 26.2. The van der Waals surface area contributed by atoms with Crippen LogP contribution in [0.25, 0.3) is 0 Å². The summed E-state index contributed by atoms with van der Waals surface area (Å²) in [5, 5.41) is 0. The van der Waals surface area contributed by atoms with E-state index in [1.54, 1.807) is 0 Å². The van der Waals surface area contributed by atoms with Crippen LogP contribution in [0.2, 0.25) is 0 Å². The topological polar surface area (TPSA) is 91.3 Å². The third-order valence-corrected chi connectivity index (χ3v) is 9.27. The molecule has 5 atom stereocenters. The molecule has 0 amide bonds. The predicted octanol–water partition coefficient (Wildman–Crippen LogP) is 7.18. The summed E-state index contributed by atoms with van der Waals surface area (Å²) in [5.41, 5.74) is 0. The summed E-state index contributed by atoms with van der Waals surface area (Å²) in [6.45, 7) is 6.98. The second-order valence-corrected chi connectivity index (χ2v) is 13.8. The minimum Gasteiger partial charge on any atom is -0.458 e. The van der Waals surface area contributed by atoms with Crippen LogP contribution < -0.4 is 0 Å². The molecule has 0 aromatic rings. The molecular weight excluding hydrogens is 517 g/mol. The summed E-state index contributed by atoms with van der Waals surface area (Å²) in [5.74, 6) is 0.0577. The summed E-state index contributed by atoms with van der Waals surface area (Å²) in [6.07, 6.45) is 20.3. The molecule has 2 aliphatic heterocycles. The highest BCUT2D eigenvalue weighted by Gasteiger charge is 2.43. The van der Waals surface area contributed by atoms with Gasteiger partial charge in [-0.2, -0.15) is 0 Å². The monoisotopic (exact) mass is 576 g/mol. The van der Waals surface area contributed by atoms with Gasteiger partial charge in [0.1, 0.15) is 18.8 Å². The lowest BCUT2D eigenvalue weighted by molar-refractivity contribution is -0.925. The summed E-state index contributed by atoms with van der Waals surface area (Å²) in [7, 11) is -2.07. The molecular formula is C30H59NO7P+. The fraction of sp³-hybridized carbons (Fsp3) is 0.967. The molecule has 0 aromatic heterocycles. The molecule has 2 aliphatic rings.